The van der Waals surface area contributed by atoms with Gasteiger partial charge in [-0.25, -0.2) is 9.78 Å². The normalized spacial score (nSPS) is 10.3. The molecule has 0 radical (unpaired) electrons. The quantitative estimate of drug-likeness (QED) is 0.792. The molecule has 0 atom stereocenters. The minimum atomic E-state index is -1.24. The summed E-state index contributed by atoms with van der Waals surface area (Å²) in [7, 11) is 1.43. The van der Waals surface area contributed by atoms with Gasteiger partial charge >= 0.3 is 5.97 Å². The fourth-order valence-corrected chi connectivity index (χ4v) is 1.37. The molecule has 0 aromatic carbocycles. The number of aromatic nitrogens is 2. The molecular formula is C10H8N2O4. The van der Waals surface area contributed by atoms with E-state index in [0.717, 1.165) is 6.07 Å². The van der Waals surface area contributed by atoms with Crippen molar-refractivity contribution in [2.45, 2.75) is 0 Å². The number of carbonyl (C=O) groups is 1. The Kier molecular flexibility index (Phi) is 2.32. The van der Waals surface area contributed by atoms with Gasteiger partial charge in [-0.3, -0.25) is 9.20 Å². The van der Waals surface area contributed by atoms with Gasteiger partial charge in [-0.05, 0) is 12.1 Å². The third kappa shape index (κ3) is 1.50. The summed E-state index contributed by atoms with van der Waals surface area (Å²) in [5.41, 5.74) is -0.564. The lowest BCUT2D eigenvalue weighted by Crippen LogP contribution is -2.17. The van der Waals surface area contributed by atoms with Crippen LogP contribution in [0.2, 0.25) is 0 Å². The number of carboxylic acids is 1. The van der Waals surface area contributed by atoms with Crippen LogP contribution in [0.1, 0.15) is 10.5 Å². The van der Waals surface area contributed by atoms with Crippen LogP contribution in [0.25, 0.3) is 5.65 Å². The van der Waals surface area contributed by atoms with Gasteiger partial charge in [0.15, 0.2) is 17.1 Å². The van der Waals surface area contributed by atoms with Gasteiger partial charge in [-0.2, -0.15) is 0 Å². The van der Waals surface area contributed by atoms with Crippen molar-refractivity contribution in [3.8, 4) is 5.75 Å². The van der Waals surface area contributed by atoms with Crippen LogP contribution in [0.5, 0.6) is 5.75 Å². The predicted octanol–water partition coefficient (Wildman–Crippen LogP) is 0.401. The zero-order valence-electron chi connectivity index (χ0n) is 8.38. The molecule has 6 nitrogen and oxygen atoms in total. The molecule has 0 aliphatic rings. The van der Waals surface area contributed by atoms with Crippen LogP contribution in [0, 0.1) is 0 Å². The number of fused-ring (bicyclic) bond motifs is 1. The van der Waals surface area contributed by atoms with Crippen molar-refractivity contribution in [2.24, 2.45) is 0 Å². The number of pyridine rings is 1. The van der Waals surface area contributed by atoms with E-state index >= 15 is 0 Å². The lowest BCUT2D eigenvalue weighted by Gasteiger charge is -2.05. The Morgan fingerprint density at radius 2 is 2.31 bits per heavy atom. The van der Waals surface area contributed by atoms with Gasteiger partial charge in [0.2, 0.25) is 0 Å². The monoisotopic (exact) mass is 220 g/mol. The van der Waals surface area contributed by atoms with Crippen LogP contribution < -0.4 is 10.3 Å². The van der Waals surface area contributed by atoms with Crippen LogP contribution >= 0.6 is 0 Å². The number of hydrogen-bond acceptors (Lipinski definition) is 4. The molecule has 82 valence electrons. The Hall–Kier alpha value is -2.37. The van der Waals surface area contributed by atoms with E-state index in [4.69, 9.17) is 9.84 Å². The van der Waals surface area contributed by atoms with Crippen LogP contribution in [0.15, 0.2) is 29.2 Å². The highest BCUT2D eigenvalue weighted by atomic mass is 16.5. The van der Waals surface area contributed by atoms with E-state index in [0.29, 0.717) is 5.75 Å². The molecule has 16 heavy (non-hydrogen) atoms. The average molecular weight is 220 g/mol. The van der Waals surface area contributed by atoms with Crippen molar-refractivity contribution < 1.29 is 14.6 Å². The van der Waals surface area contributed by atoms with Crippen molar-refractivity contribution in [1.29, 1.82) is 0 Å². The molecule has 0 bridgehead atoms. The van der Waals surface area contributed by atoms with Gasteiger partial charge in [0.1, 0.15) is 0 Å². The van der Waals surface area contributed by atoms with Crippen molar-refractivity contribution >= 4 is 11.6 Å². The second kappa shape index (κ2) is 3.65. The Bertz CT molecular complexity index is 618. The molecular weight excluding hydrogens is 212 g/mol. The van der Waals surface area contributed by atoms with E-state index < -0.39 is 11.5 Å². The maximum absolute atomic E-state index is 11.6. The van der Waals surface area contributed by atoms with E-state index in [9.17, 15) is 9.59 Å². The fourth-order valence-electron chi connectivity index (χ4n) is 1.37. The molecule has 0 unspecified atom stereocenters. The third-order valence-electron chi connectivity index (χ3n) is 2.09. The first-order chi connectivity index (χ1) is 7.63. The molecule has 2 heterocycles. The number of hydrogen-bond donors (Lipinski definition) is 1. The Labute approximate surface area is 89.7 Å². The van der Waals surface area contributed by atoms with Crippen LogP contribution in [0.4, 0.5) is 0 Å². The molecule has 0 aliphatic heterocycles. The molecule has 6 heteroatoms. The molecule has 0 saturated heterocycles. The number of ether oxygens (including phenoxy) is 1. The summed E-state index contributed by atoms with van der Waals surface area (Å²) >= 11 is 0. The van der Waals surface area contributed by atoms with Crippen LogP contribution in [-0.4, -0.2) is 27.6 Å². The molecule has 2 aromatic rings. The second-order valence-electron chi connectivity index (χ2n) is 3.05. The predicted molar refractivity (Wildman–Crippen MR) is 55.0 cm³/mol. The summed E-state index contributed by atoms with van der Waals surface area (Å²) in [4.78, 5) is 26.2. The first-order valence-corrected chi connectivity index (χ1v) is 4.43. The van der Waals surface area contributed by atoms with Crippen LogP contribution in [0.3, 0.4) is 0 Å². The summed E-state index contributed by atoms with van der Waals surface area (Å²) < 4.78 is 6.23. The number of methoxy groups -OCH3 is 1. The Morgan fingerprint density at radius 1 is 1.56 bits per heavy atom. The van der Waals surface area contributed by atoms with Gasteiger partial charge in [-0.15, -0.1) is 0 Å². The SMILES string of the molecule is COc1cccn2c(=O)cc(C(=O)O)nc12. The average Bonchev–Trinajstić information content (AvgIpc) is 2.28. The molecule has 0 aliphatic carbocycles. The highest BCUT2D eigenvalue weighted by Gasteiger charge is 2.11. The van der Waals surface area contributed by atoms with Gasteiger partial charge in [0, 0.05) is 12.3 Å². The van der Waals surface area contributed by atoms with Gasteiger partial charge < -0.3 is 9.84 Å². The summed E-state index contributed by atoms with van der Waals surface area (Å²) in [6, 6.07) is 4.19. The number of rotatable bonds is 2. The van der Waals surface area contributed by atoms with Gasteiger partial charge in [0.25, 0.3) is 5.56 Å². The highest BCUT2D eigenvalue weighted by Crippen LogP contribution is 2.15. The highest BCUT2D eigenvalue weighted by molar-refractivity contribution is 5.86. The molecule has 0 spiro atoms. The zero-order chi connectivity index (χ0) is 11.7. The topological polar surface area (TPSA) is 80.9 Å². The molecule has 2 aromatic heterocycles. The summed E-state index contributed by atoms with van der Waals surface area (Å²) in [6.45, 7) is 0. The minimum Gasteiger partial charge on any atom is -0.493 e. The standard InChI is InChI=1S/C10H8N2O4/c1-16-7-3-2-4-12-8(13)5-6(10(14)15)11-9(7)12/h2-5H,1H3,(H,14,15). The number of nitrogens with zero attached hydrogens (tertiary/aromatic N) is 2. The van der Waals surface area contributed by atoms with Gasteiger partial charge in [-0.1, -0.05) is 0 Å². The lowest BCUT2D eigenvalue weighted by molar-refractivity contribution is 0.0690. The summed E-state index contributed by atoms with van der Waals surface area (Å²) in [6.07, 6.45) is 1.50. The summed E-state index contributed by atoms with van der Waals surface area (Å²) in [5.74, 6) is -0.895. The lowest BCUT2D eigenvalue weighted by atomic mass is 10.3. The molecule has 0 amide bonds. The maximum Gasteiger partial charge on any atom is 0.354 e. The van der Waals surface area contributed by atoms with Crippen molar-refractivity contribution in [2.75, 3.05) is 7.11 Å². The first kappa shape index (κ1) is 10.2. The van der Waals surface area contributed by atoms with E-state index in [-0.39, 0.29) is 11.3 Å². The van der Waals surface area contributed by atoms with E-state index in [1.165, 1.54) is 17.7 Å². The van der Waals surface area contributed by atoms with Crippen molar-refractivity contribution in [1.82, 2.24) is 9.38 Å². The molecule has 0 saturated carbocycles. The molecule has 2 rings (SSSR count). The van der Waals surface area contributed by atoms with E-state index in [1.807, 2.05) is 0 Å². The zero-order valence-corrected chi connectivity index (χ0v) is 8.38. The largest absolute Gasteiger partial charge is 0.493 e. The third-order valence-corrected chi connectivity index (χ3v) is 2.09. The van der Waals surface area contributed by atoms with Crippen molar-refractivity contribution in [3.63, 3.8) is 0 Å². The Morgan fingerprint density at radius 3 is 2.94 bits per heavy atom. The first-order valence-electron chi connectivity index (χ1n) is 4.43. The van der Waals surface area contributed by atoms with Crippen molar-refractivity contribution in [3.05, 3.63) is 40.4 Å². The summed E-state index contributed by atoms with van der Waals surface area (Å²) in [5, 5.41) is 8.78. The number of carboxylic acid groups (broad SMARTS) is 1. The maximum atomic E-state index is 11.6. The number of aromatic carboxylic acids is 1. The van der Waals surface area contributed by atoms with E-state index in [1.54, 1.807) is 12.1 Å². The van der Waals surface area contributed by atoms with Crippen LogP contribution in [-0.2, 0) is 0 Å². The fraction of sp³-hybridized carbons (Fsp3) is 0.100. The minimum absolute atomic E-state index is 0.190. The molecule has 0 fully saturated rings. The Balaban J connectivity index is 2.88. The molecule has 1 N–H and O–H groups in total. The van der Waals surface area contributed by atoms with E-state index in [2.05, 4.69) is 4.98 Å². The second-order valence-corrected chi connectivity index (χ2v) is 3.05. The smallest absolute Gasteiger partial charge is 0.354 e. The van der Waals surface area contributed by atoms with Gasteiger partial charge in [0.05, 0.1) is 7.11 Å².